The third-order valence-electron chi connectivity index (χ3n) is 3.69. The first-order valence-electron chi connectivity index (χ1n) is 8.15. The number of para-hydroxylation sites is 1. The van der Waals surface area contributed by atoms with Crippen LogP contribution in [-0.2, 0) is 0 Å². The third kappa shape index (κ3) is 3.77. The standard InChI is InChI=1S/C19H20ClN3O2/c1-12(2)11-21-19(24)17-10-15(18-9-8-13(3)25-18)22-23(17)16-7-5-4-6-14(16)20/h4-10,12H,11H2,1-3H3,(H,21,24). The minimum atomic E-state index is -0.198. The lowest BCUT2D eigenvalue weighted by atomic mass is 10.2. The molecule has 0 atom stereocenters. The SMILES string of the molecule is Cc1ccc(-c2cc(C(=O)NCC(C)C)n(-c3ccccc3Cl)n2)o1. The fraction of sp³-hybridized carbons (Fsp3) is 0.263. The summed E-state index contributed by atoms with van der Waals surface area (Å²) in [4.78, 5) is 12.7. The largest absolute Gasteiger partial charge is 0.460 e. The topological polar surface area (TPSA) is 60.1 Å². The number of carbonyl (C=O) groups is 1. The summed E-state index contributed by atoms with van der Waals surface area (Å²) in [5.74, 6) is 1.55. The minimum absolute atomic E-state index is 0.198. The molecule has 0 radical (unpaired) electrons. The van der Waals surface area contributed by atoms with Crippen LogP contribution < -0.4 is 5.32 Å². The zero-order valence-electron chi connectivity index (χ0n) is 14.4. The van der Waals surface area contributed by atoms with Crippen LogP contribution in [0.5, 0.6) is 0 Å². The minimum Gasteiger partial charge on any atom is -0.460 e. The first-order valence-corrected chi connectivity index (χ1v) is 8.53. The molecule has 0 aliphatic heterocycles. The average Bonchev–Trinajstić information content (AvgIpc) is 3.19. The van der Waals surface area contributed by atoms with Gasteiger partial charge in [0.2, 0.25) is 0 Å². The zero-order valence-corrected chi connectivity index (χ0v) is 15.2. The number of amides is 1. The van der Waals surface area contributed by atoms with Gasteiger partial charge in [0, 0.05) is 12.6 Å². The first-order chi connectivity index (χ1) is 12.0. The highest BCUT2D eigenvalue weighted by molar-refractivity contribution is 6.32. The number of aryl methyl sites for hydroxylation is 1. The predicted octanol–water partition coefficient (Wildman–Crippen LogP) is 4.48. The van der Waals surface area contributed by atoms with Gasteiger partial charge in [-0.2, -0.15) is 5.10 Å². The van der Waals surface area contributed by atoms with E-state index < -0.39 is 0 Å². The van der Waals surface area contributed by atoms with Gasteiger partial charge in [-0.1, -0.05) is 37.6 Å². The van der Waals surface area contributed by atoms with Gasteiger partial charge in [-0.3, -0.25) is 4.79 Å². The van der Waals surface area contributed by atoms with E-state index in [1.54, 1.807) is 16.8 Å². The molecule has 2 aromatic heterocycles. The van der Waals surface area contributed by atoms with Gasteiger partial charge in [0.25, 0.3) is 5.91 Å². The second-order valence-electron chi connectivity index (χ2n) is 6.29. The molecule has 0 saturated heterocycles. The summed E-state index contributed by atoms with van der Waals surface area (Å²) in [5.41, 5.74) is 1.65. The Labute approximate surface area is 151 Å². The van der Waals surface area contributed by atoms with Gasteiger partial charge < -0.3 is 9.73 Å². The van der Waals surface area contributed by atoms with Crippen molar-refractivity contribution >= 4 is 17.5 Å². The molecule has 0 spiro atoms. The van der Waals surface area contributed by atoms with Crippen LogP contribution in [0.2, 0.25) is 5.02 Å². The Balaban J connectivity index is 2.06. The van der Waals surface area contributed by atoms with E-state index >= 15 is 0 Å². The van der Waals surface area contributed by atoms with Gasteiger partial charge in [0.1, 0.15) is 17.1 Å². The zero-order chi connectivity index (χ0) is 18.0. The van der Waals surface area contributed by atoms with E-state index in [1.165, 1.54) is 0 Å². The number of halogens is 1. The molecular formula is C19H20ClN3O2. The molecule has 1 aromatic carbocycles. The lowest BCUT2D eigenvalue weighted by Gasteiger charge is -2.10. The lowest BCUT2D eigenvalue weighted by molar-refractivity contribution is 0.0941. The molecule has 0 bridgehead atoms. The van der Waals surface area contributed by atoms with Gasteiger partial charge in [0.05, 0.1) is 10.7 Å². The van der Waals surface area contributed by atoms with E-state index in [0.717, 1.165) is 5.76 Å². The Bertz CT molecular complexity index is 896. The molecule has 25 heavy (non-hydrogen) atoms. The molecule has 2 heterocycles. The molecule has 0 unspecified atom stereocenters. The van der Waals surface area contributed by atoms with Crippen LogP contribution in [0.4, 0.5) is 0 Å². The highest BCUT2D eigenvalue weighted by Crippen LogP contribution is 2.26. The Morgan fingerprint density at radius 3 is 2.68 bits per heavy atom. The number of hydrogen-bond acceptors (Lipinski definition) is 3. The number of nitrogens with zero attached hydrogens (tertiary/aromatic N) is 2. The number of furan rings is 1. The number of benzene rings is 1. The molecule has 1 amide bonds. The summed E-state index contributed by atoms with van der Waals surface area (Å²) in [7, 11) is 0. The number of hydrogen-bond donors (Lipinski definition) is 1. The van der Waals surface area contributed by atoms with Crippen molar-refractivity contribution in [2.45, 2.75) is 20.8 Å². The van der Waals surface area contributed by atoms with Gasteiger partial charge in [-0.25, -0.2) is 4.68 Å². The van der Waals surface area contributed by atoms with Crippen LogP contribution in [0.25, 0.3) is 17.1 Å². The van der Waals surface area contributed by atoms with Crippen molar-refractivity contribution in [3.05, 3.63) is 58.9 Å². The summed E-state index contributed by atoms with van der Waals surface area (Å²) in [5, 5.41) is 7.99. The van der Waals surface area contributed by atoms with E-state index in [-0.39, 0.29) is 5.91 Å². The highest BCUT2D eigenvalue weighted by Gasteiger charge is 2.20. The van der Waals surface area contributed by atoms with Gasteiger partial charge in [-0.05, 0) is 37.1 Å². The first kappa shape index (κ1) is 17.3. The fourth-order valence-corrected chi connectivity index (χ4v) is 2.65. The van der Waals surface area contributed by atoms with Crippen molar-refractivity contribution in [1.82, 2.24) is 15.1 Å². The van der Waals surface area contributed by atoms with Crippen LogP contribution >= 0.6 is 11.6 Å². The van der Waals surface area contributed by atoms with Crippen molar-refractivity contribution in [2.24, 2.45) is 5.92 Å². The summed E-state index contributed by atoms with van der Waals surface area (Å²) in [6.45, 7) is 6.54. The van der Waals surface area contributed by atoms with E-state index in [1.807, 2.05) is 51.1 Å². The van der Waals surface area contributed by atoms with E-state index in [9.17, 15) is 4.79 Å². The summed E-state index contributed by atoms with van der Waals surface area (Å²) < 4.78 is 7.20. The molecule has 3 rings (SSSR count). The smallest absolute Gasteiger partial charge is 0.270 e. The van der Waals surface area contributed by atoms with Gasteiger partial charge in [0.15, 0.2) is 5.76 Å². The van der Waals surface area contributed by atoms with Crippen LogP contribution in [0.1, 0.15) is 30.1 Å². The molecule has 6 heteroatoms. The number of aromatic nitrogens is 2. The number of rotatable bonds is 5. The van der Waals surface area contributed by atoms with Crippen LogP contribution in [0.3, 0.4) is 0 Å². The Kier molecular flexibility index (Phi) is 4.95. The van der Waals surface area contributed by atoms with Crippen molar-refractivity contribution in [3.8, 4) is 17.1 Å². The summed E-state index contributed by atoms with van der Waals surface area (Å²) in [6.07, 6.45) is 0. The second kappa shape index (κ2) is 7.15. The Morgan fingerprint density at radius 1 is 1.28 bits per heavy atom. The van der Waals surface area contributed by atoms with E-state index in [0.29, 0.717) is 40.3 Å². The summed E-state index contributed by atoms with van der Waals surface area (Å²) in [6, 6.07) is 12.7. The average molecular weight is 358 g/mol. The maximum atomic E-state index is 12.7. The normalized spacial score (nSPS) is 11.1. The summed E-state index contributed by atoms with van der Waals surface area (Å²) >= 11 is 6.31. The quantitative estimate of drug-likeness (QED) is 0.732. The monoisotopic (exact) mass is 357 g/mol. The fourth-order valence-electron chi connectivity index (χ4n) is 2.43. The molecule has 1 N–H and O–H groups in total. The van der Waals surface area contributed by atoms with Gasteiger partial charge >= 0.3 is 0 Å². The third-order valence-corrected chi connectivity index (χ3v) is 4.01. The Morgan fingerprint density at radius 2 is 2.04 bits per heavy atom. The van der Waals surface area contributed by atoms with Crippen molar-refractivity contribution < 1.29 is 9.21 Å². The number of nitrogens with one attached hydrogen (secondary N) is 1. The lowest BCUT2D eigenvalue weighted by Crippen LogP contribution is -2.29. The highest BCUT2D eigenvalue weighted by atomic mass is 35.5. The van der Waals surface area contributed by atoms with Crippen molar-refractivity contribution in [3.63, 3.8) is 0 Å². The van der Waals surface area contributed by atoms with E-state index in [2.05, 4.69) is 10.4 Å². The molecular weight excluding hydrogens is 338 g/mol. The molecule has 0 saturated carbocycles. The van der Waals surface area contributed by atoms with Crippen molar-refractivity contribution in [2.75, 3.05) is 6.54 Å². The maximum Gasteiger partial charge on any atom is 0.270 e. The van der Waals surface area contributed by atoms with Crippen LogP contribution in [0.15, 0.2) is 46.9 Å². The molecule has 0 aliphatic rings. The van der Waals surface area contributed by atoms with Gasteiger partial charge in [-0.15, -0.1) is 0 Å². The maximum absolute atomic E-state index is 12.7. The molecule has 5 nitrogen and oxygen atoms in total. The predicted molar refractivity (Wildman–Crippen MR) is 98.2 cm³/mol. The molecule has 130 valence electrons. The molecule has 0 aliphatic carbocycles. The Hall–Kier alpha value is -2.53. The van der Waals surface area contributed by atoms with E-state index in [4.69, 9.17) is 16.0 Å². The molecule has 3 aromatic rings. The van der Waals surface area contributed by atoms with Crippen molar-refractivity contribution in [1.29, 1.82) is 0 Å². The van der Waals surface area contributed by atoms with Crippen LogP contribution in [0, 0.1) is 12.8 Å². The molecule has 0 fully saturated rings. The van der Waals surface area contributed by atoms with Crippen LogP contribution in [-0.4, -0.2) is 22.2 Å². The second-order valence-corrected chi connectivity index (χ2v) is 6.70. The number of carbonyl (C=O) groups excluding carboxylic acids is 1.